The Morgan fingerprint density at radius 1 is 0.579 bits per heavy atom. The standard InChI is InChI=1S/C30H29N3O5/c1-35-29(36-2,21-13-7-5-8-14-21)23-19-24(30(37-3,38-4)22-15-9-6-10-16-22)28(34)27(20-23)33-31-25-17-11-12-18-26(25)32-33/h5-20,34H,1-4H3. The van der Waals surface area contributed by atoms with E-state index in [-0.39, 0.29) is 5.75 Å². The SMILES string of the molecule is COC(OC)(c1ccccc1)c1cc(-n2nc3ccccc3n2)c(O)c(C(OC)(OC)c2ccccc2)c1. The minimum absolute atomic E-state index is 0.115. The summed E-state index contributed by atoms with van der Waals surface area (Å²) < 4.78 is 24.1. The third-order valence-electron chi connectivity index (χ3n) is 6.78. The number of hydrogen-bond acceptors (Lipinski definition) is 7. The van der Waals surface area contributed by atoms with Crippen LogP contribution in [0.25, 0.3) is 16.7 Å². The Bertz CT molecular complexity index is 1500. The number of nitrogens with zero attached hydrogens (tertiary/aromatic N) is 3. The molecular formula is C30H29N3O5. The molecule has 0 saturated carbocycles. The fraction of sp³-hybridized carbons (Fsp3) is 0.200. The zero-order valence-corrected chi connectivity index (χ0v) is 21.7. The number of hydrogen-bond donors (Lipinski definition) is 1. The maximum Gasteiger partial charge on any atom is 0.225 e. The summed E-state index contributed by atoms with van der Waals surface area (Å²) in [5, 5.41) is 21.0. The van der Waals surface area contributed by atoms with Gasteiger partial charge in [0.1, 0.15) is 16.7 Å². The second-order valence-corrected chi connectivity index (χ2v) is 8.65. The first-order valence-corrected chi connectivity index (χ1v) is 12.0. The molecule has 5 rings (SSSR count). The molecule has 0 aliphatic heterocycles. The van der Waals surface area contributed by atoms with Crippen LogP contribution >= 0.6 is 0 Å². The molecule has 38 heavy (non-hydrogen) atoms. The predicted octanol–water partition coefficient (Wildman–Crippen LogP) is 5.11. The van der Waals surface area contributed by atoms with Crippen molar-refractivity contribution in [3.63, 3.8) is 0 Å². The van der Waals surface area contributed by atoms with E-state index in [0.29, 0.717) is 33.4 Å². The van der Waals surface area contributed by atoms with Crippen molar-refractivity contribution in [3.05, 3.63) is 119 Å². The van der Waals surface area contributed by atoms with Crippen LogP contribution in [-0.4, -0.2) is 48.5 Å². The number of fused-ring (bicyclic) bond motifs is 1. The molecule has 8 nitrogen and oxygen atoms in total. The lowest BCUT2D eigenvalue weighted by Crippen LogP contribution is -2.36. The van der Waals surface area contributed by atoms with Gasteiger partial charge in [-0.15, -0.1) is 15.0 Å². The smallest absolute Gasteiger partial charge is 0.225 e. The second-order valence-electron chi connectivity index (χ2n) is 8.65. The van der Waals surface area contributed by atoms with Crippen molar-refractivity contribution in [2.75, 3.05) is 28.4 Å². The van der Waals surface area contributed by atoms with E-state index in [4.69, 9.17) is 18.9 Å². The van der Waals surface area contributed by atoms with Crippen molar-refractivity contribution < 1.29 is 24.1 Å². The van der Waals surface area contributed by atoms with Crippen molar-refractivity contribution in [2.45, 2.75) is 11.6 Å². The van der Waals surface area contributed by atoms with Crippen molar-refractivity contribution in [1.29, 1.82) is 0 Å². The summed E-state index contributed by atoms with van der Waals surface area (Å²) in [4.78, 5) is 1.40. The Hall–Kier alpha value is -4.08. The van der Waals surface area contributed by atoms with E-state index in [2.05, 4.69) is 10.2 Å². The summed E-state index contributed by atoms with van der Waals surface area (Å²) in [6.07, 6.45) is 0. The lowest BCUT2D eigenvalue weighted by molar-refractivity contribution is -0.188. The van der Waals surface area contributed by atoms with Crippen LogP contribution in [0.2, 0.25) is 0 Å². The van der Waals surface area contributed by atoms with Gasteiger partial charge in [0.2, 0.25) is 11.6 Å². The summed E-state index contributed by atoms with van der Waals surface area (Å²) >= 11 is 0. The molecule has 1 heterocycles. The van der Waals surface area contributed by atoms with E-state index in [1.54, 1.807) is 26.4 Å². The van der Waals surface area contributed by atoms with Crippen LogP contribution in [0.15, 0.2) is 97.1 Å². The van der Waals surface area contributed by atoms with Gasteiger partial charge < -0.3 is 24.1 Å². The van der Waals surface area contributed by atoms with E-state index >= 15 is 0 Å². The fourth-order valence-electron chi connectivity index (χ4n) is 4.91. The Kier molecular flexibility index (Phi) is 6.96. The van der Waals surface area contributed by atoms with Crippen LogP contribution in [0.3, 0.4) is 0 Å². The highest BCUT2D eigenvalue weighted by molar-refractivity contribution is 5.74. The average Bonchev–Trinajstić information content (AvgIpc) is 3.41. The van der Waals surface area contributed by atoms with Crippen LogP contribution in [0.5, 0.6) is 5.75 Å². The lowest BCUT2D eigenvalue weighted by Gasteiger charge is -2.36. The Labute approximate surface area is 221 Å². The molecule has 0 radical (unpaired) electrons. The molecule has 0 atom stereocenters. The van der Waals surface area contributed by atoms with Crippen LogP contribution in [0.1, 0.15) is 22.3 Å². The van der Waals surface area contributed by atoms with Gasteiger partial charge >= 0.3 is 0 Å². The van der Waals surface area contributed by atoms with Crippen LogP contribution in [-0.2, 0) is 30.5 Å². The second kappa shape index (κ2) is 10.4. The quantitative estimate of drug-likeness (QED) is 0.275. The normalized spacial score (nSPS) is 12.2. The highest BCUT2D eigenvalue weighted by atomic mass is 16.7. The predicted molar refractivity (Wildman–Crippen MR) is 143 cm³/mol. The van der Waals surface area contributed by atoms with Gasteiger partial charge in [-0.1, -0.05) is 72.8 Å². The molecule has 5 aromatic rings. The third kappa shape index (κ3) is 4.04. The molecular weight excluding hydrogens is 482 g/mol. The monoisotopic (exact) mass is 511 g/mol. The Balaban J connectivity index is 1.86. The topological polar surface area (TPSA) is 87.9 Å². The molecule has 4 aromatic carbocycles. The zero-order valence-electron chi connectivity index (χ0n) is 21.7. The number of aromatic nitrogens is 3. The summed E-state index contributed by atoms with van der Waals surface area (Å²) in [6, 6.07) is 30.0. The van der Waals surface area contributed by atoms with E-state index in [1.165, 1.54) is 19.0 Å². The first kappa shape index (κ1) is 25.6. The first-order chi connectivity index (χ1) is 18.5. The number of rotatable bonds is 9. The van der Waals surface area contributed by atoms with E-state index in [0.717, 1.165) is 5.56 Å². The Morgan fingerprint density at radius 2 is 1.03 bits per heavy atom. The van der Waals surface area contributed by atoms with Gasteiger partial charge in [-0.3, -0.25) is 0 Å². The van der Waals surface area contributed by atoms with Gasteiger partial charge in [-0.05, 0) is 24.3 Å². The molecule has 1 aromatic heterocycles. The fourth-order valence-corrected chi connectivity index (χ4v) is 4.91. The number of ether oxygens (including phenoxy) is 4. The van der Waals surface area contributed by atoms with Crippen molar-refractivity contribution in [1.82, 2.24) is 15.0 Å². The van der Waals surface area contributed by atoms with E-state index < -0.39 is 11.6 Å². The summed E-state index contributed by atoms with van der Waals surface area (Å²) in [7, 11) is 6.19. The molecule has 0 aliphatic rings. The van der Waals surface area contributed by atoms with Crippen LogP contribution in [0.4, 0.5) is 0 Å². The molecule has 0 fully saturated rings. The summed E-state index contributed by atoms with van der Waals surface area (Å²) in [5.74, 6) is -2.91. The number of phenolic OH excluding ortho intramolecular Hbond substituents is 1. The molecule has 0 bridgehead atoms. The van der Waals surface area contributed by atoms with Crippen molar-refractivity contribution in [2.24, 2.45) is 0 Å². The maximum atomic E-state index is 11.8. The molecule has 0 amide bonds. The zero-order chi connectivity index (χ0) is 26.8. The van der Waals surface area contributed by atoms with Crippen molar-refractivity contribution in [3.8, 4) is 11.4 Å². The maximum absolute atomic E-state index is 11.8. The molecule has 0 aliphatic carbocycles. The number of aromatic hydroxyl groups is 1. The molecule has 8 heteroatoms. The first-order valence-electron chi connectivity index (χ1n) is 12.0. The lowest BCUT2D eigenvalue weighted by atomic mass is 9.89. The minimum atomic E-state index is -1.47. The average molecular weight is 512 g/mol. The van der Waals surface area contributed by atoms with Gasteiger partial charge in [0.05, 0.1) is 5.56 Å². The van der Waals surface area contributed by atoms with Crippen molar-refractivity contribution >= 4 is 11.0 Å². The van der Waals surface area contributed by atoms with Crippen LogP contribution in [0, 0.1) is 0 Å². The van der Waals surface area contributed by atoms with Gasteiger partial charge in [0, 0.05) is 45.1 Å². The molecule has 0 unspecified atom stereocenters. The van der Waals surface area contributed by atoms with Gasteiger partial charge in [-0.25, -0.2) is 0 Å². The van der Waals surface area contributed by atoms with Gasteiger partial charge in [0.25, 0.3) is 0 Å². The molecule has 0 spiro atoms. The molecule has 194 valence electrons. The Morgan fingerprint density at radius 3 is 1.50 bits per heavy atom. The highest BCUT2D eigenvalue weighted by Gasteiger charge is 2.42. The minimum Gasteiger partial charge on any atom is -0.505 e. The number of benzene rings is 4. The largest absolute Gasteiger partial charge is 0.505 e. The third-order valence-corrected chi connectivity index (χ3v) is 6.78. The molecule has 0 saturated heterocycles. The summed E-state index contributed by atoms with van der Waals surface area (Å²) in [6.45, 7) is 0. The number of methoxy groups -OCH3 is 4. The van der Waals surface area contributed by atoms with Gasteiger partial charge in [-0.2, -0.15) is 0 Å². The highest BCUT2D eigenvalue weighted by Crippen LogP contribution is 2.45. The van der Waals surface area contributed by atoms with Crippen LogP contribution < -0.4 is 0 Å². The summed E-state index contributed by atoms with van der Waals surface area (Å²) in [5.41, 5.74) is 4.01. The van der Waals surface area contributed by atoms with Gasteiger partial charge in [0.15, 0.2) is 5.75 Å². The molecule has 1 N–H and O–H groups in total. The number of phenols is 1. The van der Waals surface area contributed by atoms with E-state index in [9.17, 15) is 5.11 Å². The van der Waals surface area contributed by atoms with E-state index in [1.807, 2.05) is 84.9 Å².